The fourth-order valence-corrected chi connectivity index (χ4v) is 2.81. The van der Waals surface area contributed by atoms with Crippen LogP contribution in [0, 0.1) is 24.7 Å². The molecule has 0 heterocycles. The lowest BCUT2D eigenvalue weighted by molar-refractivity contribution is 0.259. The highest BCUT2D eigenvalue weighted by molar-refractivity contribution is 5.57. The van der Waals surface area contributed by atoms with Crippen molar-refractivity contribution >= 4 is 5.69 Å². The average molecular weight is 370 g/mol. The van der Waals surface area contributed by atoms with Crippen LogP contribution in [0.5, 0.6) is 11.5 Å². The SMILES string of the molecule is C#CCN(CC#C)c1ccc(OCCCCCC)c(OCCCCCC)c1. The van der Waals surface area contributed by atoms with Crippen LogP contribution in [0.1, 0.15) is 65.2 Å². The van der Waals surface area contributed by atoms with Gasteiger partial charge in [0.25, 0.3) is 0 Å². The molecule has 0 unspecified atom stereocenters. The maximum absolute atomic E-state index is 6.05. The molecule has 148 valence electrons. The Labute approximate surface area is 166 Å². The smallest absolute Gasteiger partial charge is 0.163 e. The van der Waals surface area contributed by atoms with E-state index in [-0.39, 0.29) is 0 Å². The average Bonchev–Trinajstić information content (AvgIpc) is 2.68. The summed E-state index contributed by atoms with van der Waals surface area (Å²) in [4.78, 5) is 1.98. The summed E-state index contributed by atoms with van der Waals surface area (Å²) < 4.78 is 12.0. The summed E-state index contributed by atoms with van der Waals surface area (Å²) in [5.41, 5.74) is 0.966. The molecule has 1 aromatic rings. The molecule has 27 heavy (non-hydrogen) atoms. The van der Waals surface area contributed by atoms with E-state index in [1.165, 1.54) is 38.5 Å². The Kier molecular flexibility index (Phi) is 12.5. The molecule has 0 aliphatic heterocycles. The van der Waals surface area contributed by atoms with Gasteiger partial charge in [0.15, 0.2) is 11.5 Å². The van der Waals surface area contributed by atoms with Gasteiger partial charge in [-0.1, -0.05) is 64.2 Å². The van der Waals surface area contributed by atoms with E-state index in [0.29, 0.717) is 26.3 Å². The Morgan fingerprint density at radius 3 is 1.85 bits per heavy atom. The topological polar surface area (TPSA) is 21.7 Å². The second kappa shape index (κ2) is 14.9. The predicted octanol–water partition coefficient (Wildman–Crippen LogP) is 5.68. The number of hydrogen-bond donors (Lipinski definition) is 0. The minimum atomic E-state index is 0.470. The van der Waals surface area contributed by atoms with E-state index in [4.69, 9.17) is 22.3 Å². The zero-order valence-electron chi connectivity index (χ0n) is 17.1. The van der Waals surface area contributed by atoms with Crippen LogP contribution in [0.15, 0.2) is 18.2 Å². The summed E-state index contributed by atoms with van der Waals surface area (Å²) in [6, 6.07) is 5.96. The van der Waals surface area contributed by atoms with Gasteiger partial charge in [0.05, 0.1) is 26.3 Å². The van der Waals surface area contributed by atoms with Crippen molar-refractivity contribution in [2.75, 3.05) is 31.2 Å². The number of anilines is 1. The zero-order chi connectivity index (χ0) is 19.7. The summed E-state index contributed by atoms with van der Waals surface area (Å²) in [7, 11) is 0. The van der Waals surface area contributed by atoms with Crippen LogP contribution in [0.4, 0.5) is 5.69 Å². The lowest BCUT2D eigenvalue weighted by atomic mass is 10.2. The first-order valence-electron chi connectivity index (χ1n) is 10.3. The third-order valence-electron chi connectivity index (χ3n) is 4.37. The molecule has 0 spiro atoms. The van der Waals surface area contributed by atoms with Gasteiger partial charge in [-0.15, -0.1) is 12.8 Å². The molecular formula is C24H35NO2. The molecule has 1 rings (SSSR count). The molecule has 0 atom stereocenters. The maximum atomic E-state index is 6.05. The van der Waals surface area contributed by atoms with E-state index in [2.05, 4.69) is 25.7 Å². The first-order chi connectivity index (χ1) is 13.3. The number of rotatable bonds is 15. The van der Waals surface area contributed by atoms with E-state index in [1.54, 1.807) is 0 Å². The highest BCUT2D eigenvalue weighted by Gasteiger charge is 2.11. The van der Waals surface area contributed by atoms with E-state index in [1.807, 2.05) is 23.1 Å². The van der Waals surface area contributed by atoms with Crippen molar-refractivity contribution in [2.24, 2.45) is 0 Å². The van der Waals surface area contributed by atoms with Crippen LogP contribution in [0.25, 0.3) is 0 Å². The molecule has 0 saturated carbocycles. The quantitative estimate of drug-likeness (QED) is 0.293. The second-order valence-electron chi connectivity index (χ2n) is 6.71. The van der Waals surface area contributed by atoms with Crippen LogP contribution in [-0.2, 0) is 0 Å². The van der Waals surface area contributed by atoms with Gasteiger partial charge in [0, 0.05) is 11.8 Å². The van der Waals surface area contributed by atoms with E-state index >= 15 is 0 Å². The summed E-state index contributed by atoms with van der Waals surface area (Å²) in [5, 5.41) is 0. The third kappa shape index (κ3) is 9.30. The minimum Gasteiger partial charge on any atom is -0.490 e. The van der Waals surface area contributed by atoms with Crippen molar-refractivity contribution in [3.05, 3.63) is 18.2 Å². The molecule has 3 heteroatoms. The molecular weight excluding hydrogens is 334 g/mol. The highest BCUT2D eigenvalue weighted by Crippen LogP contribution is 2.32. The molecule has 0 aromatic heterocycles. The van der Waals surface area contributed by atoms with Crippen molar-refractivity contribution in [2.45, 2.75) is 65.2 Å². The first kappa shape index (κ1) is 22.8. The Morgan fingerprint density at radius 1 is 0.778 bits per heavy atom. The van der Waals surface area contributed by atoms with Gasteiger partial charge < -0.3 is 14.4 Å². The van der Waals surface area contributed by atoms with Crippen LogP contribution in [-0.4, -0.2) is 26.3 Å². The summed E-state index contributed by atoms with van der Waals surface area (Å²) >= 11 is 0. The predicted molar refractivity (Wildman–Crippen MR) is 116 cm³/mol. The Hall–Kier alpha value is -2.26. The first-order valence-corrected chi connectivity index (χ1v) is 10.3. The van der Waals surface area contributed by atoms with Gasteiger partial charge in [-0.25, -0.2) is 0 Å². The highest BCUT2D eigenvalue weighted by atomic mass is 16.5. The maximum Gasteiger partial charge on any atom is 0.163 e. The Bertz CT molecular complexity index is 581. The van der Waals surface area contributed by atoms with Gasteiger partial charge in [0.2, 0.25) is 0 Å². The van der Waals surface area contributed by atoms with Gasteiger partial charge in [-0.2, -0.15) is 0 Å². The molecule has 0 bridgehead atoms. The van der Waals surface area contributed by atoms with Gasteiger partial charge in [0.1, 0.15) is 0 Å². The summed E-state index contributed by atoms with van der Waals surface area (Å²) in [6.07, 6.45) is 20.4. The molecule has 0 fully saturated rings. The second-order valence-corrected chi connectivity index (χ2v) is 6.71. The van der Waals surface area contributed by atoms with Crippen LogP contribution >= 0.6 is 0 Å². The van der Waals surface area contributed by atoms with Crippen molar-refractivity contribution in [1.29, 1.82) is 0 Å². The molecule has 0 aliphatic rings. The lowest BCUT2D eigenvalue weighted by Gasteiger charge is -2.22. The number of benzene rings is 1. The van der Waals surface area contributed by atoms with Crippen LogP contribution in [0.2, 0.25) is 0 Å². The molecule has 1 aromatic carbocycles. The van der Waals surface area contributed by atoms with Crippen molar-refractivity contribution in [3.63, 3.8) is 0 Å². The number of terminal acetylenes is 2. The van der Waals surface area contributed by atoms with Gasteiger partial charge in [-0.05, 0) is 25.0 Å². The number of hydrogen-bond acceptors (Lipinski definition) is 3. The van der Waals surface area contributed by atoms with Gasteiger partial charge in [-0.3, -0.25) is 0 Å². The molecule has 0 aliphatic carbocycles. The molecule has 0 amide bonds. The molecule has 0 radical (unpaired) electrons. The Morgan fingerprint density at radius 2 is 1.33 bits per heavy atom. The normalized spacial score (nSPS) is 10.1. The number of unbranched alkanes of at least 4 members (excludes halogenated alkanes) is 6. The standard InChI is InChI=1S/C24H35NO2/c1-5-9-11-13-19-26-23-16-15-22(25(17-7-3)18-8-4)21-24(23)27-20-14-12-10-6-2/h3-4,15-16,21H,5-6,9-14,17-20H2,1-2H3. The van der Waals surface area contributed by atoms with Crippen LogP contribution in [0.3, 0.4) is 0 Å². The summed E-state index contributed by atoms with van der Waals surface area (Å²) in [6.45, 7) is 6.77. The largest absolute Gasteiger partial charge is 0.490 e. The fourth-order valence-electron chi connectivity index (χ4n) is 2.81. The monoisotopic (exact) mass is 369 g/mol. The third-order valence-corrected chi connectivity index (χ3v) is 4.37. The van der Waals surface area contributed by atoms with E-state index in [0.717, 1.165) is 30.0 Å². The van der Waals surface area contributed by atoms with Crippen LogP contribution < -0.4 is 14.4 Å². The zero-order valence-corrected chi connectivity index (χ0v) is 17.1. The number of nitrogens with zero attached hydrogens (tertiary/aromatic N) is 1. The molecule has 0 saturated heterocycles. The Balaban J connectivity index is 2.80. The lowest BCUT2D eigenvalue weighted by Crippen LogP contribution is -2.23. The minimum absolute atomic E-state index is 0.470. The van der Waals surface area contributed by atoms with E-state index < -0.39 is 0 Å². The number of ether oxygens (including phenoxy) is 2. The van der Waals surface area contributed by atoms with Crippen molar-refractivity contribution in [1.82, 2.24) is 0 Å². The van der Waals surface area contributed by atoms with Crippen molar-refractivity contribution < 1.29 is 9.47 Å². The molecule has 0 N–H and O–H groups in total. The van der Waals surface area contributed by atoms with Gasteiger partial charge >= 0.3 is 0 Å². The van der Waals surface area contributed by atoms with E-state index in [9.17, 15) is 0 Å². The fraction of sp³-hybridized carbons (Fsp3) is 0.583. The summed E-state index contributed by atoms with van der Waals surface area (Å²) in [5.74, 6) is 6.90. The molecule has 3 nitrogen and oxygen atoms in total. The van der Waals surface area contributed by atoms with Crippen molar-refractivity contribution in [3.8, 4) is 36.2 Å².